The van der Waals surface area contributed by atoms with Crippen molar-refractivity contribution in [1.82, 2.24) is 14.5 Å². The number of aromatic amines is 1. The van der Waals surface area contributed by atoms with Crippen LogP contribution in [0.5, 0.6) is 0 Å². The van der Waals surface area contributed by atoms with Gasteiger partial charge in [-0.1, -0.05) is 11.6 Å². The normalized spacial score (nSPS) is 17.5. The molecule has 0 radical (unpaired) electrons. The van der Waals surface area contributed by atoms with Crippen LogP contribution in [0.2, 0.25) is 5.02 Å². The highest BCUT2D eigenvalue weighted by atomic mass is 35.5. The minimum atomic E-state index is -3.18. The fourth-order valence-electron chi connectivity index (χ4n) is 2.74. The van der Waals surface area contributed by atoms with Gasteiger partial charge in [-0.25, -0.2) is 8.42 Å². The summed E-state index contributed by atoms with van der Waals surface area (Å²) in [4.78, 5) is 2.16. The van der Waals surface area contributed by atoms with E-state index in [1.807, 2.05) is 12.1 Å². The molecule has 0 unspecified atom stereocenters. The number of sulfonamides is 1. The third kappa shape index (κ3) is 2.68. The number of nitrogens with one attached hydrogen (secondary N) is 1. The van der Waals surface area contributed by atoms with E-state index in [0.717, 1.165) is 16.6 Å². The predicted molar refractivity (Wildman–Crippen MR) is 88.9 cm³/mol. The summed E-state index contributed by atoms with van der Waals surface area (Å²) in [6.07, 6.45) is 1.78. The molecule has 0 spiro atoms. The van der Waals surface area contributed by atoms with E-state index in [2.05, 4.69) is 15.1 Å². The van der Waals surface area contributed by atoms with Crippen molar-refractivity contribution in [1.29, 1.82) is 0 Å². The zero-order chi connectivity index (χ0) is 15.9. The first-order chi connectivity index (χ1) is 10.4. The van der Waals surface area contributed by atoms with Gasteiger partial charge < -0.3 is 4.90 Å². The molecule has 1 aliphatic rings. The Morgan fingerprint density at radius 2 is 1.91 bits per heavy atom. The highest BCUT2D eigenvalue weighted by Gasteiger charge is 2.29. The van der Waals surface area contributed by atoms with Crippen LogP contribution in [0, 0.1) is 0 Å². The zero-order valence-corrected chi connectivity index (χ0v) is 14.2. The van der Waals surface area contributed by atoms with Crippen LogP contribution in [-0.4, -0.2) is 54.3 Å². The van der Waals surface area contributed by atoms with Crippen LogP contribution in [0.25, 0.3) is 10.9 Å². The van der Waals surface area contributed by atoms with Crippen molar-refractivity contribution in [2.24, 2.45) is 0 Å². The standard InChI is InChI=1S/C14H19ClN4O2S/c1-10(2)22(20,21)19-5-3-18(4-6-19)14-8-11(15)7-13-12(14)9-16-17-13/h7-10H,3-6H2,1-2H3,(H,16,17). The smallest absolute Gasteiger partial charge is 0.216 e. The maximum Gasteiger partial charge on any atom is 0.216 e. The summed E-state index contributed by atoms with van der Waals surface area (Å²) < 4.78 is 26.0. The number of piperazine rings is 1. The quantitative estimate of drug-likeness (QED) is 0.927. The van der Waals surface area contributed by atoms with E-state index in [9.17, 15) is 8.42 Å². The summed E-state index contributed by atoms with van der Waals surface area (Å²) >= 11 is 6.16. The molecule has 1 saturated heterocycles. The summed E-state index contributed by atoms with van der Waals surface area (Å²) in [5.74, 6) is 0. The van der Waals surface area contributed by atoms with E-state index >= 15 is 0 Å². The Bertz CT molecular complexity index is 779. The van der Waals surface area contributed by atoms with Gasteiger partial charge >= 0.3 is 0 Å². The van der Waals surface area contributed by atoms with Crippen LogP contribution < -0.4 is 4.90 Å². The number of nitrogens with zero attached hydrogens (tertiary/aromatic N) is 3. The summed E-state index contributed by atoms with van der Waals surface area (Å²) in [7, 11) is -3.18. The summed E-state index contributed by atoms with van der Waals surface area (Å²) in [5, 5.41) is 8.24. The first kappa shape index (κ1) is 15.6. The average molecular weight is 343 g/mol. The number of benzene rings is 1. The van der Waals surface area contributed by atoms with E-state index in [4.69, 9.17) is 11.6 Å². The molecule has 2 aromatic rings. The molecular formula is C14H19ClN4O2S. The van der Waals surface area contributed by atoms with Gasteiger partial charge in [-0.3, -0.25) is 5.10 Å². The first-order valence-electron chi connectivity index (χ1n) is 7.26. The van der Waals surface area contributed by atoms with Crippen molar-refractivity contribution in [3.8, 4) is 0 Å². The molecule has 120 valence electrons. The highest BCUT2D eigenvalue weighted by molar-refractivity contribution is 7.89. The van der Waals surface area contributed by atoms with Crippen LogP contribution in [0.1, 0.15) is 13.8 Å². The molecule has 1 fully saturated rings. The number of hydrogen-bond donors (Lipinski definition) is 1. The lowest BCUT2D eigenvalue weighted by Crippen LogP contribution is -2.50. The lowest BCUT2D eigenvalue weighted by molar-refractivity contribution is 0.381. The van der Waals surface area contributed by atoms with Gasteiger partial charge in [0.15, 0.2) is 0 Å². The molecule has 1 aliphatic heterocycles. The number of halogens is 1. The van der Waals surface area contributed by atoms with Crippen LogP contribution in [0.15, 0.2) is 18.3 Å². The van der Waals surface area contributed by atoms with Gasteiger partial charge in [0.2, 0.25) is 10.0 Å². The van der Waals surface area contributed by atoms with Gasteiger partial charge in [-0.05, 0) is 26.0 Å². The lowest BCUT2D eigenvalue weighted by Gasteiger charge is -2.36. The second-order valence-electron chi connectivity index (χ2n) is 5.74. The number of aromatic nitrogens is 2. The predicted octanol–water partition coefficient (Wildman–Crippen LogP) is 2.08. The number of hydrogen-bond acceptors (Lipinski definition) is 4. The molecule has 6 nitrogen and oxygen atoms in total. The van der Waals surface area contributed by atoms with Crippen molar-refractivity contribution < 1.29 is 8.42 Å². The van der Waals surface area contributed by atoms with Gasteiger partial charge in [-0.15, -0.1) is 0 Å². The van der Waals surface area contributed by atoms with Crippen molar-refractivity contribution >= 4 is 38.2 Å². The Morgan fingerprint density at radius 3 is 2.55 bits per heavy atom. The highest BCUT2D eigenvalue weighted by Crippen LogP contribution is 2.30. The molecule has 3 rings (SSSR count). The third-order valence-electron chi connectivity index (χ3n) is 4.04. The molecule has 0 saturated carbocycles. The molecule has 0 aliphatic carbocycles. The summed E-state index contributed by atoms with van der Waals surface area (Å²) in [5.41, 5.74) is 1.89. The van der Waals surface area contributed by atoms with Gasteiger partial charge in [-0.2, -0.15) is 9.40 Å². The Balaban J connectivity index is 1.83. The van der Waals surface area contributed by atoms with E-state index in [1.54, 1.807) is 24.3 Å². The second-order valence-corrected chi connectivity index (χ2v) is 8.66. The first-order valence-corrected chi connectivity index (χ1v) is 9.14. The van der Waals surface area contributed by atoms with Gasteiger partial charge in [0.05, 0.1) is 17.0 Å². The van der Waals surface area contributed by atoms with Gasteiger partial charge in [0.1, 0.15) is 0 Å². The fourth-order valence-corrected chi connectivity index (χ4v) is 4.22. The maximum atomic E-state index is 12.2. The summed E-state index contributed by atoms with van der Waals surface area (Å²) in [6, 6.07) is 3.75. The third-order valence-corrected chi connectivity index (χ3v) is 6.53. The van der Waals surface area contributed by atoms with Gasteiger partial charge in [0.25, 0.3) is 0 Å². The fraction of sp³-hybridized carbons (Fsp3) is 0.500. The van der Waals surface area contributed by atoms with Crippen molar-refractivity contribution in [3.05, 3.63) is 23.4 Å². The van der Waals surface area contributed by atoms with Crippen molar-refractivity contribution in [2.45, 2.75) is 19.1 Å². The van der Waals surface area contributed by atoms with Crippen LogP contribution in [0.3, 0.4) is 0 Å². The molecule has 8 heteroatoms. The van der Waals surface area contributed by atoms with E-state index in [1.165, 1.54) is 0 Å². The second kappa shape index (κ2) is 5.72. The van der Waals surface area contributed by atoms with Crippen LogP contribution >= 0.6 is 11.6 Å². The lowest BCUT2D eigenvalue weighted by atomic mass is 10.2. The molecule has 1 N–H and O–H groups in total. The minimum Gasteiger partial charge on any atom is -0.368 e. The Labute approximate surface area is 135 Å². The van der Waals surface area contributed by atoms with E-state index in [0.29, 0.717) is 31.2 Å². The molecule has 1 aromatic carbocycles. The maximum absolute atomic E-state index is 12.2. The molecule has 22 heavy (non-hydrogen) atoms. The van der Waals surface area contributed by atoms with E-state index < -0.39 is 10.0 Å². The number of rotatable bonds is 3. The number of H-pyrrole nitrogens is 1. The SMILES string of the molecule is CC(C)S(=O)(=O)N1CCN(c2cc(Cl)cc3[nH]ncc23)CC1. The summed E-state index contributed by atoms with van der Waals surface area (Å²) in [6.45, 7) is 5.71. The Morgan fingerprint density at radius 1 is 1.23 bits per heavy atom. The van der Waals surface area contributed by atoms with Crippen LogP contribution in [-0.2, 0) is 10.0 Å². The van der Waals surface area contributed by atoms with E-state index in [-0.39, 0.29) is 5.25 Å². The Hall–Kier alpha value is -1.31. The molecule has 2 heterocycles. The van der Waals surface area contributed by atoms with Crippen molar-refractivity contribution in [3.63, 3.8) is 0 Å². The topological polar surface area (TPSA) is 69.3 Å². The largest absolute Gasteiger partial charge is 0.368 e. The van der Waals surface area contributed by atoms with Gasteiger partial charge in [0, 0.05) is 42.3 Å². The molecular weight excluding hydrogens is 324 g/mol. The average Bonchev–Trinajstić information content (AvgIpc) is 2.94. The monoisotopic (exact) mass is 342 g/mol. The number of anilines is 1. The number of fused-ring (bicyclic) bond motifs is 1. The molecule has 0 atom stereocenters. The minimum absolute atomic E-state index is 0.384. The molecule has 0 bridgehead atoms. The van der Waals surface area contributed by atoms with Crippen LogP contribution in [0.4, 0.5) is 5.69 Å². The zero-order valence-electron chi connectivity index (χ0n) is 12.6. The molecule has 0 amide bonds. The molecule has 1 aromatic heterocycles. The Kier molecular flexibility index (Phi) is 4.05. The van der Waals surface area contributed by atoms with Crippen molar-refractivity contribution in [2.75, 3.05) is 31.1 Å².